The van der Waals surface area contributed by atoms with Crippen LogP contribution in [0.3, 0.4) is 0 Å². The van der Waals surface area contributed by atoms with Crippen molar-refractivity contribution in [2.24, 2.45) is 0 Å². The smallest absolute Gasteiger partial charge is 0.316 e. The van der Waals surface area contributed by atoms with Crippen molar-refractivity contribution in [3.8, 4) is 0 Å². The van der Waals surface area contributed by atoms with Gasteiger partial charge in [0.15, 0.2) is 0 Å². The lowest BCUT2D eigenvalue weighted by atomic mass is 9.93. The van der Waals surface area contributed by atoms with Gasteiger partial charge in [0.25, 0.3) is 0 Å². The van der Waals surface area contributed by atoms with Crippen molar-refractivity contribution in [3.63, 3.8) is 0 Å². The third-order valence-corrected chi connectivity index (χ3v) is 3.42. The molecule has 94 valence electrons. The first-order chi connectivity index (χ1) is 8.74. The highest BCUT2D eigenvalue weighted by Crippen LogP contribution is 2.26. The van der Waals surface area contributed by atoms with Gasteiger partial charge in [0.05, 0.1) is 5.52 Å². The van der Waals surface area contributed by atoms with E-state index in [1.807, 2.05) is 0 Å². The molecule has 1 aliphatic heterocycles. The lowest BCUT2D eigenvalue weighted by Gasteiger charge is -2.23. The summed E-state index contributed by atoms with van der Waals surface area (Å²) in [4.78, 5) is 18.2. The Balaban J connectivity index is 2.17. The average molecular weight is 247 g/mol. The minimum Gasteiger partial charge on any atom is -0.316 e. The topological polar surface area (TPSA) is 57.8 Å². The molecule has 5 heteroatoms. The Kier molecular flexibility index (Phi) is 2.83. The van der Waals surface area contributed by atoms with Crippen molar-refractivity contribution < 1.29 is 4.39 Å². The van der Waals surface area contributed by atoms with Crippen LogP contribution in [0.15, 0.2) is 23.0 Å². The van der Waals surface area contributed by atoms with Crippen molar-refractivity contribution in [2.75, 3.05) is 13.1 Å². The molecule has 1 atom stereocenters. The summed E-state index contributed by atoms with van der Waals surface area (Å²) in [5.41, 5.74) is 0.894. The van der Waals surface area contributed by atoms with Crippen LogP contribution in [0.5, 0.6) is 0 Å². The van der Waals surface area contributed by atoms with Crippen molar-refractivity contribution in [2.45, 2.75) is 18.8 Å². The van der Waals surface area contributed by atoms with E-state index in [2.05, 4.69) is 15.3 Å². The van der Waals surface area contributed by atoms with Crippen LogP contribution in [0.4, 0.5) is 4.39 Å². The predicted molar refractivity (Wildman–Crippen MR) is 67.2 cm³/mol. The second-order valence-corrected chi connectivity index (χ2v) is 4.66. The molecule has 1 unspecified atom stereocenters. The third kappa shape index (κ3) is 2.01. The number of fused-ring (bicyclic) bond motifs is 1. The minimum absolute atomic E-state index is 0.266. The van der Waals surface area contributed by atoms with Gasteiger partial charge in [-0.25, -0.2) is 9.18 Å². The molecule has 1 aromatic carbocycles. The summed E-state index contributed by atoms with van der Waals surface area (Å²) in [6.45, 7) is 1.85. The van der Waals surface area contributed by atoms with Crippen LogP contribution < -0.4 is 11.0 Å². The van der Waals surface area contributed by atoms with E-state index < -0.39 is 5.69 Å². The van der Waals surface area contributed by atoms with E-state index in [9.17, 15) is 9.18 Å². The molecule has 18 heavy (non-hydrogen) atoms. The summed E-state index contributed by atoms with van der Waals surface area (Å²) in [5.74, 6) is -0.101. The van der Waals surface area contributed by atoms with Gasteiger partial charge in [0, 0.05) is 29.6 Å². The van der Waals surface area contributed by atoms with Crippen LogP contribution in [0.2, 0.25) is 0 Å². The lowest BCUT2D eigenvalue weighted by molar-refractivity contribution is 0.456. The number of benzene rings is 1. The fourth-order valence-corrected chi connectivity index (χ4v) is 2.57. The Hall–Kier alpha value is -1.75. The summed E-state index contributed by atoms with van der Waals surface area (Å²) in [5, 5.41) is 4.15. The summed E-state index contributed by atoms with van der Waals surface area (Å²) in [7, 11) is 0. The van der Waals surface area contributed by atoms with Gasteiger partial charge in [-0.1, -0.05) is 0 Å². The number of H-pyrrole nitrogens is 1. The van der Waals surface area contributed by atoms with Gasteiger partial charge in [-0.15, -0.1) is 0 Å². The van der Waals surface area contributed by atoms with Crippen LogP contribution in [0.25, 0.3) is 10.9 Å². The third-order valence-electron chi connectivity index (χ3n) is 3.42. The van der Waals surface area contributed by atoms with E-state index in [1.54, 1.807) is 6.07 Å². The predicted octanol–water partition coefficient (Wildman–Crippen LogP) is 1.53. The van der Waals surface area contributed by atoms with Gasteiger partial charge in [-0.3, -0.25) is 0 Å². The molecule has 1 aromatic heterocycles. The maximum atomic E-state index is 13.2. The molecule has 0 saturated carbocycles. The summed E-state index contributed by atoms with van der Waals surface area (Å²) in [6, 6.07) is 4.41. The van der Waals surface area contributed by atoms with Crippen LogP contribution in [-0.2, 0) is 0 Å². The zero-order valence-electron chi connectivity index (χ0n) is 9.87. The van der Waals surface area contributed by atoms with Gasteiger partial charge in [-0.05, 0) is 31.5 Å². The van der Waals surface area contributed by atoms with Crippen LogP contribution in [0, 0.1) is 5.82 Å². The number of nitrogens with zero attached hydrogens (tertiary/aromatic N) is 1. The monoisotopic (exact) mass is 247 g/mol. The second kappa shape index (κ2) is 4.49. The zero-order chi connectivity index (χ0) is 12.5. The largest absolute Gasteiger partial charge is 0.345 e. The molecular weight excluding hydrogens is 233 g/mol. The molecule has 0 amide bonds. The molecule has 0 bridgehead atoms. The highest BCUT2D eigenvalue weighted by molar-refractivity contribution is 5.81. The fourth-order valence-electron chi connectivity index (χ4n) is 2.57. The van der Waals surface area contributed by atoms with E-state index in [0.717, 1.165) is 37.0 Å². The van der Waals surface area contributed by atoms with Crippen molar-refractivity contribution >= 4 is 10.9 Å². The number of aromatic amines is 1. The van der Waals surface area contributed by atoms with Crippen molar-refractivity contribution in [3.05, 3.63) is 40.2 Å². The SMILES string of the molecule is O=c1nc2cc(F)ccc2c(C2CCCNC2)[nH]1. The molecule has 1 aliphatic rings. The molecule has 4 nitrogen and oxygen atoms in total. The quantitative estimate of drug-likeness (QED) is 0.803. The maximum Gasteiger partial charge on any atom is 0.345 e. The zero-order valence-corrected chi connectivity index (χ0v) is 9.87. The van der Waals surface area contributed by atoms with Gasteiger partial charge in [0.1, 0.15) is 5.82 Å². The first-order valence-electron chi connectivity index (χ1n) is 6.14. The van der Waals surface area contributed by atoms with Gasteiger partial charge < -0.3 is 10.3 Å². The molecule has 2 N–H and O–H groups in total. The number of hydrogen-bond donors (Lipinski definition) is 2. The molecule has 1 saturated heterocycles. The highest BCUT2D eigenvalue weighted by Gasteiger charge is 2.19. The molecule has 0 spiro atoms. The van der Waals surface area contributed by atoms with E-state index in [0.29, 0.717) is 5.52 Å². The Morgan fingerprint density at radius 2 is 2.28 bits per heavy atom. The Morgan fingerprint density at radius 1 is 1.39 bits per heavy atom. The fraction of sp³-hybridized carbons (Fsp3) is 0.385. The van der Waals surface area contributed by atoms with E-state index >= 15 is 0 Å². The number of halogens is 1. The molecule has 2 aromatic rings. The Labute approximate surface area is 103 Å². The minimum atomic E-state index is -0.409. The van der Waals surface area contributed by atoms with Crippen LogP contribution >= 0.6 is 0 Å². The maximum absolute atomic E-state index is 13.2. The number of hydrogen-bond acceptors (Lipinski definition) is 3. The van der Waals surface area contributed by atoms with Gasteiger partial charge in [0.2, 0.25) is 0 Å². The van der Waals surface area contributed by atoms with Crippen LogP contribution in [0.1, 0.15) is 24.5 Å². The molecule has 0 aliphatic carbocycles. The lowest BCUT2D eigenvalue weighted by Crippen LogP contribution is -2.30. The Morgan fingerprint density at radius 3 is 3.06 bits per heavy atom. The normalized spacial score (nSPS) is 20.2. The molecule has 3 rings (SSSR count). The van der Waals surface area contributed by atoms with E-state index in [4.69, 9.17) is 0 Å². The van der Waals surface area contributed by atoms with Crippen LogP contribution in [-0.4, -0.2) is 23.1 Å². The van der Waals surface area contributed by atoms with Gasteiger partial charge >= 0.3 is 5.69 Å². The van der Waals surface area contributed by atoms with E-state index in [1.165, 1.54) is 12.1 Å². The van der Waals surface area contributed by atoms with Crippen molar-refractivity contribution in [1.82, 2.24) is 15.3 Å². The number of aromatic nitrogens is 2. The summed E-state index contributed by atoms with van der Waals surface area (Å²) >= 11 is 0. The summed E-state index contributed by atoms with van der Waals surface area (Å²) in [6.07, 6.45) is 2.11. The molecule has 1 fully saturated rings. The Bertz CT molecular complexity index is 632. The first kappa shape index (κ1) is 11.3. The standard InChI is InChI=1S/C13H14FN3O/c14-9-3-4-10-11(6-9)16-13(18)17-12(10)8-2-1-5-15-7-8/h3-4,6,8,15H,1-2,5,7H2,(H,16,17,18). The first-order valence-corrected chi connectivity index (χ1v) is 6.14. The molecule has 2 heterocycles. The average Bonchev–Trinajstić information content (AvgIpc) is 2.38. The van der Waals surface area contributed by atoms with Crippen molar-refractivity contribution in [1.29, 1.82) is 0 Å². The van der Waals surface area contributed by atoms with Gasteiger partial charge in [-0.2, -0.15) is 4.98 Å². The van der Waals surface area contributed by atoms with E-state index in [-0.39, 0.29) is 11.7 Å². The highest BCUT2D eigenvalue weighted by atomic mass is 19.1. The number of nitrogens with one attached hydrogen (secondary N) is 2. The number of rotatable bonds is 1. The number of piperidine rings is 1. The molecular formula is C13H14FN3O. The summed E-state index contributed by atoms with van der Waals surface area (Å²) < 4.78 is 13.2. The second-order valence-electron chi connectivity index (χ2n) is 4.66. The molecule has 0 radical (unpaired) electrons.